The summed E-state index contributed by atoms with van der Waals surface area (Å²) >= 11 is 0. The highest BCUT2D eigenvalue weighted by Gasteiger charge is 2.11. The van der Waals surface area contributed by atoms with Crippen molar-refractivity contribution in [3.05, 3.63) is 27.7 Å². The molecule has 3 heteroatoms. The lowest BCUT2D eigenvalue weighted by atomic mass is 10.2. The first kappa shape index (κ1) is 5.65. The fourth-order valence-electron chi connectivity index (χ4n) is 1.35. The quantitative estimate of drug-likeness (QED) is 0.556. The van der Waals surface area contributed by atoms with E-state index in [0.717, 1.165) is 30.5 Å². The van der Waals surface area contributed by atoms with E-state index in [-0.39, 0.29) is 5.56 Å². The van der Waals surface area contributed by atoms with E-state index in [1.54, 1.807) is 6.07 Å². The number of aromatic nitrogens is 2. The van der Waals surface area contributed by atoms with Crippen molar-refractivity contribution in [1.82, 2.24) is 10.2 Å². The summed E-state index contributed by atoms with van der Waals surface area (Å²) in [6.07, 6.45) is 3.18. The van der Waals surface area contributed by atoms with Crippen LogP contribution in [0.15, 0.2) is 10.9 Å². The fraction of sp³-hybridized carbons (Fsp3) is 0.429. The van der Waals surface area contributed by atoms with Crippen molar-refractivity contribution in [2.75, 3.05) is 0 Å². The van der Waals surface area contributed by atoms with Crippen LogP contribution in [0.25, 0.3) is 0 Å². The molecule has 52 valence electrons. The van der Waals surface area contributed by atoms with Crippen LogP contribution in [0.1, 0.15) is 17.7 Å². The Bertz CT molecular complexity index is 303. The summed E-state index contributed by atoms with van der Waals surface area (Å²) in [5, 5.41) is 6.35. The van der Waals surface area contributed by atoms with Gasteiger partial charge in [0, 0.05) is 6.07 Å². The lowest BCUT2D eigenvalue weighted by Crippen LogP contribution is -2.08. The second-order valence-corrected chi connectivity index (χ2v) is 2.56. The number of rotatable bonds is 0. The molecule has 0 atom stereocenters. The minimum absolute atomic E-state index is 0.0827. The third kappa shape index (κ3) is 0.744. The van der Waals surface area contributed by atoms with Crippen LogP contribution in [0.2, 0.25) is 0 Å². The Morgan fingerprint density at radius 2 is 2.40 bits per heavy atom. The van der Waals surface area contributed by atoms with Crippen LogP contribution in [-0.2, 0) is 12.8 Å². The number of hydrogen-bond donors (Lipinski definition) is 1. The Kier molecular flexibility index (Phi) is 1.09. The van der Waals surface area contributed by atoms with E-state index in [1.807, 2.05) is 0 Å². The molecule has 0 bridgehead atoms. The summed E-state index contributed by atoms with van der Waals surface area (Å²) in [6.45, 7) is 0. The van der Waals surface area contributed by atoms with Gasteiger partial charge in [0.1, 0.15) is 0 Å². The molecule has 1 aliphatic carbocycles. The van der Waals surface area contributed by atoms with Crippen LogP contribution in [0.4, 0.5) is 0 Å². The molecular weight excluding hydrogens is 128 g/mol. The van der Waals surface area contributed by atoms with Gasteiger partial charge in [-0.05, 0) is 24.8 Å². The molecule has 10 heavy (non-hydrogen) atoms. The van der Waals surface area contributed by atoms with Crippen molar-refractivity contribution >= 4 is 0 Å². The van der Waals surface area contributed by atoms with E-state index in [2.05, 4.69) is 10.2 Å². The lowest BCUT2D eigenvalue weighted by molar-refractivity contribution is 0.872. The zero-order valence-corrected chi connectivity index (χ0v) is 5.55. The second-order valence-electron chi connectivity index (χ2n) is 2.56. The van der Waals surface area contributed by atoms with Crippen molar-refractivity contribution in [1.29, 1.82) is 0 Å². The SMILES string of the molecule is O=c1cc2c(n[nH]1)CCC2. The van der Waals surface area contributed by atoms with Gasteiger partial charge in [-0.15, -0.1) is 0 Å². The molecule has 0 aliphatic heterocycles. The highest BCUT2D eigenvalue weighted by molar-refractivity contribution is 5.21. The standard InChI is InChI=1S/C7H8N2O/c10-7-4-5-2-1-3-6(5)8-9-7/h4H,1-3H2,(H,9,10). The molecule has 1 heterocycles. The monoisotopic (exact) mass is 136 g/mol. The Balaban J connectivity index is 2.63. The van der Waals surface area contributed by atoms with Gasteiger partial charge in [0.2, 0.25) is 0 Å². The summed E-state index contributed by atoms with van der Waals surface area (Å²) in [5.74, 6) is 0. The van der Waals surface area contributed by atoms with Crippen molar-refractivity contribution in [2.24, 2.45) is 0 Å². The highest BCUT2D eigenvalue weighted by Crippen LogP contribution is 2.15. The van der Waals surface area contributed by atoms with Gasteiger partial charge in [0.25, 0.3) is 5.56 Å². The van der Waals surface area contributed by atoms with E-state index in [0.29, 0.717) is 0 Å². The molecule has 2 rings (SSSR count). The topological polar surface area (TPSA) is 45.8 Å². The molecule has 0 amide bonds. The van der Waals surface area contributed by atoms with E-state index in [9.17, 15) is 4.79 Å². The van der Waals surface area contributed by atoms with Crippen molar-refractivity contribution < 1.29 is 0 Å². The Morgan fingerprint density at radius 3 is 3.30 bits per heavy atom. The van der Waals surface area contributed by atoms with E-state index < -0.39 is 0 Å². The van der Waals surface area contributed by atoms with Crippen LogP contribution in [0, 0.1) is 0 Å². The summed E-state index contributed by atoms with van der Waals surface area (Å²) in [4.78, 5) is 10.7. The largest absolute Gasteiger partial charge is 0.268 e. The van der Waals surface area contributed by atoms with E-state index >= 15 is 0 Å². The number of aryl methyl sites for hydroxylation is 2. The maximum Gasteiger partial charge on any atom is 0.264 e. The molecule has 1 aliphatic rings. The van der Waals surface area contributed by atoms with Crippen LogP contribution < -0.4 is 5.56 Å². The molecule has 1 aromatic rings. The van der Waals surface area contributed by atoms with Gasteiger partial charge in [-0.2, -0.15) is 5.10 Å². The van der Waals surface area contributed by atoms with Gasteiger partial charge >= 0.3 is 0 Å². The van der Waals surface area contributed by atoms with Gasteiger partial charge < -0.3 is 0 Å². The Labute approximate surface area is 58.1 Å². The molecule has 0 saturated heterocycles. The molecule has 0 radical (unpaired) electrons. The number of hydrogen-bond acceptors (Lipinski definition) is 2. The number of fused-ring (bicyclic) bond motifs is 1. The van der Waals surface area contributed by atoms with Crippen LogP contribution in [0.5, 0.6) is 0 Å². The van der Waals surface area contributed by atoms with Gasteiger partial charge in [-0.3, -0.25) is 4.79 Å². The fourth-order valence-corrected chi connectivity index (χ4v) is 1.35. The van der Waals surface area contributed by atoms with Gasteiger partial charge in [-0.1, -0.05) is 0 Å². The predicted molar refractivity (Wildman–Crippen MR) is 36.9 cm³/mol. The van der Waals surface area contributed by atoms with E-state index in [1.165, 1.54) is 0 Å². The number of nitrogens with one attached hydrogen (secondary N) is 1. The predicted octanol–water partition coefficient (Wildman–Crippen LogP) is 0.259. The molecule has 3 nitrogen and oxygen atoms in total. The Morgan fingerprint density at radius 1 is 1.50 bits per heavy atom. The maximum absolute atomic E-state index is 10.7. The first-order valence-corrected chi connectivity index (χ1v) is 3.44. The number of aromatic amines is 1. The average Bonchev–Trinajstić information content (AvgIpc) is 2.33. The second kappa shape index (κ2) is 1.94. The van der Waals surface area contributed by atoms with Crippen molar-refractivity contribution in [3.8, 4) is 0 Å². The molecule has 1 N–H and O–H groups in total. The minimum atomic E-state index is -0.0827. The number of nitrogens with zero attached hydrogens (tertiary/aromatic N) is 1. The highest BCUT2D eigenvalue weighted by atomic mass is 16.1. The molecule has 0 saturated carbocycles. The first-order chi connectivity index (χ1) is 4.86. The summed E-state index contributed by atoms with van der Waals surface area (Å²) in [5.41, 5.74) is 2.11. The summed E-state index contributed by atoms with van der Waals surface area (Å²) in [7, 11) is 0. The number of H-pyrrole nitrogens is 1. The lowest BCUT2D eigenvalue weighted by Gasteiger charge is -1.91. The summed E-state index contributed by atoms with van der Waals surface area (Å²) in [6, 6.07) is 1.65. The molecule has 0 spiro atoms. The van der Waals surface area contributed by atoms with Crippen molar-refractivity contribution in [2.45, 2.75) is 19.3 Å². The smallest absolute Gasteiger partial charge is 0.264 e. The van der Waals surface area contributed by atoms with Gasteiger partial charge in [-0.25, -0.2) is 5.10 Å². The van der Waals surface area contributed by atoms with Gasteiger partial charge in [0.15, 0.2) is 0 Å². The molecular formula is C7H8N2O. The molecule has 0 aromatic carbocycles. The normalized spacial score (nSPS) is 15.2. The first-order valence-electron chi connectivity index (χ1n) is 3.44. The Hall–Kier alpha value is -1.12. The average molecular weight is 136 g/mol. The van der Waals surface area contributed by atoms with Crippen molar-refractivity contribution in [3.63, 3.8) is 0 Å². The van der Waals surface area contributed by atoms with Crippen LogP contribution in [-0.4, -0.2) is 10.2 Å². The third-order valence-corrected chi connectivity index (χ3v) is 1.84. The van der Waals surface area contributed by atoms with Gasteiger partial charge in [0.05, 0.1) is 5.69 Å². The third-order valence-electron chi connectivity index (χ3n) is 1.84. The molecule has 0 unspecified atom stereocenters. The zero-order valence-electron chi connectivity index (χ0n) is 5.55. The zero-order chi connectivity index (χ0) is 6.97. The van der Waals surface area contributed by atoms with Crippen LogP contribution in [0.3, 0.4) is 0 Å². The molecule has 0 fully saturated rings. The molecule has 1 aromatic heterocycles. The maximum atomic E-state index is 10.7. The van der Waals surface area contributed by atoms with Crippen LogP contribution >= 0.6 is 0 Å². The minimum Gasteiger partial charge on any atom is -0.268 e. The van der Waals surface area contributed by atoms with E-state index in [4.69, 9.17) is 0 Å². The summed E-state index contributed by atoms with van der Waals surface area (Å²) < 4.78 is 0.